The smallest absolute Gasteiger partial charge is 0.274 e. The van der Waals surface area contributed by atoms with Crippen molar-refractivity contribution in [2.45, 2.75) is 13.8 Å². The molecule has 2 amide bonds. The summed E-state index contributed by atoms with van der Waals surface area (Å²) in [6, 6.07) is 9.54. The molecule has 0 aliphatic carbocycles. The second kappa shape index (κ2) is 5.88. The number of carbonyl (C=O) groups is 2. The molecule has 3 rings (SSSR count). The Labute approximate surface area is 133 Å². The minimum Gasteiger partial charge on any atom is -0.326 e. The van der Waals surface area contributed by atoms with E-state index in [1.54, 1.807) is 9.80 Å². The number of amides is 2. The van der Waals surface area contributed by atoms with Crippen LogP contribution in [0.25, 0.3) is 0 Å². The van der Waals surface area contributed by atoms with Gasteiger partial charge in [-0.1, -0.05) is 18.2 Å². The molecule has 2 aromatic rings. The van der Waals surface area contributed by atoms with Gasteiger partial charge in [-0.3, -0.25) is 9.59 Å². The lowest BCUT2D eigenvalue weighted by Gasteiger charge is -2.34. The van der Waals surface area contributed by atoms with Crippen molar-refractivity contribution in [3.05, 3.63) is 45.9 Å². The van der Waals surface area contributed by atoms with Crippen LogP contribution < -0.4 is 4.90 Å². The normalized spacial score (nSPS) is 15.3. The third-order valence-corrected chi connectivity index (χ3v) is 4.57. The summed E-state index contributed by atoms with van der Waals surface area (Å²) in [7, 11) is 0. The van der Waals surface area contributed by atoms with Crippen LogP contribution in [0.15, 0.2) is 30.3 Å². The number of aryl methyl sites for hydroxylation is 2. The van der Waals surface area contributed by atoms with Gasteiger partial charge >= 0.3 is 0 Å². The fourth-order valence-corrected chi connectivity index (χ4v) is 3.41. The van der Waals surface area contributed by atoms with Gasteiger partial charge in [0.05, 0.1) is 5.01 Å². The van der Waals surface area contributed by atoms with Crippen molar-refractivity contribution >= 4 is 28.8 Å². The van der Waals surface area contributed by atoms with Crippen LogP contribution in [-0.4, -0.2) is 41.3 Å². The zero-order valence-corrected chi connectivity index (χ0v) is 13.4. The van der Waals surface area contributed by atoms with E-state index in [1.807, 2.05) is 44.2 Å². The van der Waals surface area contributed by atoms with Crippen molar-refractivity contribution in [2.75, 3.05) is 24.5 Å². The van der Waals surface area contributed by atoms with Gasteiger partial charge in [-0.2, -0.15) is 0 Å². The number of para-hydroxylation sites is 1. The molecule has 5 nitrogen and oxygen atoms in total. The Morgan fingerprint density at radius 3 is 2.50 bits per heavy atom. The highest BCUT2D eigenvalue weighted by atomic mass is 32.1. The fourth-order valence-electron chi connectivity index (χ4n) is 2.60. The Hall–Kier alpha value is -2.21. The standard InChI is InChI=1S/C16H17N3O2S/c1-11-15(17-12(2)22-11)16(21)18-8-9-19(14(20)10-18)13-6-4-3-5-7-13/h3-7H,8-10H2,1-2H3. The van der Waals surface area contributed by atoms with Crippen LogP contribution in [-0.2, 0) is 4.79 Å². The molecular weight excluding hydrogens is 298 g/mol. The largest absolute Gasteiger partial charge is 0.326 e. The molecule has 1 aliphatic rings. The van der Waals surface area contributed by atoms with Gasteiger partial charge in [0.25, 0.3) is 5.91 Å². The molecular formula is C16H17N3O2S. The molecule has 0 saturated carbocycles. The molecule has 0 atom stereocenters. The number of rotatable bonds is 2. The molecule has 1 fully saturated rings. The zero-order chi connectivity index (χ0) is 15.7. The van der Waals surface area contributed by atoms with Crippen LogP contribution in [0.1, 0.15) is 20.4 Å². The van der Waals surface area contributed by atoms with E-state index in [9.17, 15) is 9.59 Å². The third kappa shape index (κ3) is 2.74. The summed E-state index contributed by atoms with van der Waals surface area (Å²) < 4.78 is 0. The van der Waals surface area contributed by atoms with E-state index >= 15 is 0 Å². The van der Waals surface area contributed by atoms with Crippen molar-refractivity contribution in [1.82, 2.24) is 9.88 Å². The molecule has 1 aromatic heterocycles. The summed E-state index contributed by atoms with van der Waals surface area (Å²) in [6.45, 7) is 4.91. The second-order valence-corrected chi connectivity index (χ2v) is 6.65. The van der Waals surface area contributed by atoms with Gasteiger partial charge in [-0.05, 0) is 26.0 Å². The molecule has 114 valence electrons. The molecule has 2 heterocycles. The molecule has 6 heteroatoms. The summed E-state index contributed by atoms with van der Waals surface area (Å²) in [5.74, 6) is -0.210. The highest BCUT2D eigenvalue weighted by Gasteiger charge is 2.30. The zero-order valence-electron chi connectivity index (χ0n) is 12.6. The molecule has 0 spiro atoms. The van der Waals surface area contributed by atoms with Crippen LogP contribution in [0.2, 0.25) is 0 Å². The number of hydrogen-bond acceptors (Lipinski definition) is 4. The average molecular weight is 315 g/mol. The maximum atomic E-state index is 12.5. The molecule has 1 aliphatic heterocycles. The van der Waals surface area contributed by atoms with Crippen molar-refractivity contribution in [3.63, 3.8) is 0 Å². The number of thiazole rings is 1. The lowest BCUT2D eigenvalue weighted by Crippen LogP contribution is -2.52. The van der Waals surface area contributed by atoms with Crippen molar-refractivity contribution in [2.24, 2.45) is 0 Å². The van der Waals surface area contributed by atoms with E-state index in [1.165, 1.54) is 11.3 Å². The summed E-state index contributed by atoms with van der Waals surface area (Å²) in [6.07, 6.45) is 0. The van der Waals surface area contributed by atoms with Crippen LogP contribution >= 0.6 is 11.3 Å². The first-order valence-electron chi connectivity index (χ1n) is 7.15. The van der Waals surface area contributed by atoms with E-state index in [0.29, 0.717) is 18.8 Å². The number of nitrogens with zero attached hydrogens (tertiary/aromatic N) is 3. The number of aromatic nitrogens is 1. The van der Waals surface area contributed by atoms with Crippen LogP contribution in [0, 0.1) is 13.8 Å². The first kappa shape index (κ1) is 14.7. The molecule has 22 heavy (non-hydrogen) atoms. The first-order valence-corrected chi connectivity index (χ1v) is 7.96. The third-order valence-electron chi connectivity index (χ3n) is 3.68. The SMILES string of the molecule is Cc1nc(C(=O)N2CCN(c3ccccc3)C(=O)C2)c(C)s1. The Kier molecular flexibility index (Phi) is 3.94. The van der Waals surface area contributed by atoms with Gasteiger partial charge in [-0.15, -0.1) is 11.3 Å². The topological polar surface area (TPSA) is 53.5 Å². The molecule has 0 N–H and O–H groups in total. The van der Waals surface area contributed by atoms with Crippen molar-refractivity contribution in [3.8, 4) is 0 Å². The monoisotopic (exact) mass is 315 g/mol. The summed E-state index contributed by atoms with van der Waals surface area (Å²) in [4.78, 5) is 33.4. The van der Waals surface area contributed by atoms with Crippen molar-refractivity contribution < 1.29 is 9.59 Å². The molecule has 0 radical (unpaired) electrons. The molecule has 1 saturated heterocycles. The van der Waals surface area contributed by atoms with E-state index in [-0.39, 0.29) is 18.4 Å². The Bertz CT molecular complexity index is 711. The first-order chi connectivity index (χ1) is 10.6. The van der Waals surface area contributed by atoms with Gasteiger partial charge in [0, 0.05) is 23.7 Å². The highest BCUT2D eigenvalue weighted by Crippen LogP contribution is 2.21. The van der Waals surface area contributed by atoms with Crippen molar-refractivity contribution in [1.29, 1.82) is 0 Å². The van der Waals surface area contributed by atoms with E-state index < -0.39 is 0 Å². The summed E-state index contributed by atoms with van der Waals surface area (Å²) in [5.41, 5.74) is 1.35. The number of carbonyl (C=O) groups excluding carboxylic acids is 2. The Morgan fingerprint density at radius 1 is 1.18 bits per heavy atom. The number of benzene rings is 1. The van der Waals surface area contributed by atoms with Crippen LogP contribution in [0.5, 0.6) is 0 Å². The average Bonchev–Trinajstić information content (AvgIpc) is 2.86. The maximum absolute atomic E-state index is 12.5. The number of hydrogen-bond donors (Lipinski definition) is 0. The molecule has 0 unspecified atom stereocenters. The van der Waals surface area contributed by atoms with Gasteiger partial charge in [0.2, 0.25) is 5.91 Å². The van der Waals surface area contributed by atoms with E-state index in [2.05, 4.69) is 4.98 Å². The van der Waals surface area contributed by atoms with Gasteiger partial charge in [0.15, 0.2) is 0 Å². The highest BCUT2D eigenvalue weighted by molar-refractivity contribution is 7.11. The van der Waals surface area contributed by atoms with Crippen LogP contribution in [0.3, 0.4) is 0 Å². The fraction of sp³-hybridized carbons (Fsp3) is 0.312. The minimum absolute atomic E-state index is 0.0598. The van der Waals surface area contributed by atoms with Gasteiger partial charge in [0.1, 0.15) is 12.2 Å². The van der Waals surface area contributed by atoms with Gasteiger partial charge < -0.3 is 9.80 Å². The Balaban J connectivity index is 1.74. The maximum Gasteiger partial charge on any atom is 0.274 e. The lowest BCUT2D eigenvalue weighted by atomic mass is 10.2. The summed E-state index contributed by atoms with van der Waals surface area (Å²) >= 11 is 1.51. The predicted octanol–water partition coefficient (Wildman–Crippen LogP) is 2.25. The second-order valence-electron chi connectivity index (χ2n) is 5.25. The predicted molar refractivity (Wildman–Crippen MR) is 86.3 cm³/mol. The quantitative estimate of drug-likeness (QED) is 0.854. The van der Waals surface area contributed by atoms with Gasteiger partial charge in [-0.25, -0.2) is 4.98 Å². The van der Waals surface area contributed by atoms with Crippen LogP contribution in [0.4, 0.5) is 5.69 Å². The molecule has 1 aromatic carbocycles. The Morgan fingerprint density at radius 2 is 1.91 bits per heavy atom. The molecule has 0 bridgehead atoms. The minimum atomic E-state index is -0.150. The summed E-state index contributed by atoms with van der Waals surface area (Å²) in [5, 5.41) is 0.870. The number of piperazine rings is 1. The lowest BCUT2D eigenvalue weighted by molar-refractivity contribution is -0.120. The van der Waals surface area contributed by atoms with E-state index in [4.69, 9.17) is 0 Å². The number of anilines is 1. The van der Waals surface area contributed by atoms with E-state index in [0.717, 1.165) is 15.6 Å².